The van der Waals surface area contributed by atoms with Gasteiger partial charge in [0, 0.05) is 28.1 Å². The Balaban J connectivity index is 1.27. The lowest BCUT2D eigenvalue weighted by atomic mass is 10.0. The first-order chi connectivity index (χ1) is 18.7. The largest absolute Gasteiger partial charge is 0.493 e. The van der Waals surface area contributed by atoms with E-state index in [9.17, 15) is 0 Å². The number of aromatic nitrogens is 4. The van der Waals surface area contributed by atoms with Crippen molar-refractivity contribution < 1.29 is 14.2 Å². The zero-order valence-corrected chi connectivity index (χ0v) is 20.8. The van der Waals surface area contributed by atoms with Crippen LogP contribution in [0.1, 0.15) is 0 Å². The molecule has 8 heteroatoms. The minimum Gasteiger partial charge on any atom is -0.493 e. The second-order valence-corrected chi connectivity index (χ2v) is 8.49. The van der Waals surface area contributed by atoms with Crippen LogP contribution in [0.15, 0.2) is 97.2 Å². The predicted octanol–water partition coefficient (Wildman–Crippen LogP) is 6.79. The monoisotopic (exact) mass is 501 g/mol. The zero-order chi connectivity index (χ0) is 25.9. The van der Waals surface area contributed by atoms with Gasteiger partial charge >= 0.3 is 0 Å². The summed E-state index contributed by atoms with van der Waals surface area (Å²) in [5.41, 5.74) is 3.37. The molecule has 0 bridgehead atoms. The third-order valence-electron chi connectivity index (χ3n) is 6.19. The van der Waals surface area contributed by atoms with E-state index >= 15 is 0 Å². The molecule has 38 heavy (non-hydrogen) atoms. The van der Waals surface area contributed by atoms with E-state index in [2.05, 4.69) is 31.8 Å². The van der Waals surface area contributed by atoms with Crippen molar-refractivity contribution >= 4 is 33.2 Å². The molecule has 8 nitrogen and oxygen atoms in total. The molecule has 0 fully saturated rings. The van der Waals surface area contributed by atoms with Gasteiger partial charge in [-0.3, -0.25) is 0 Å². The third-order valence-corrected chi connectivity index (χ3v) is 6.19. The van der Waals surface area contributed by atoms with Gasteiger partial charge in [-0.15, -0.1) is 10.2 Å². The molecular weight excluding hydrogens is 478 g/mol. The fraction of sp³-hybridized carbons (Fsp3) is 0.0667. The van der Waals surface area contributed by atoms with Crippen LogP contribution < -0.4 is 19.5 Å². The average Bonchev–Trinajstić information content (AvgIpc) is 2.98. The van der Waals surface area contributed by atoms with Crippen LogP contribution in [0.5, 0.6) is 23.0 Å². The Labute approximate surface area is 218 Å². The van der Waals surface area contributed by atoms with Crippen LogP contribution in [-0.4, -0.2) is 34.6 Å². The first-order valence-electron chi connectivity index (χ1n) is 12.0. The molecule has 0 aliphatic carbocycles. The maximum Gasteiger partial charge on any atom is 0.162 e. The van der Waals surface area contributed by atoms with Crippen molar-refractivity contribution in [3.63, 3.8) is 0 Å². The van der Waals surface area contributed by atoms with E-state index in [4.69, 9.17) is 14.2 Å². The summed E-state index contributed by atoms with van der Waals surface area (Å²) in [6, 6.07) is 29.4. The number of hydrogen-bond acceptors (Lipinski definition) is 8. The van der Waals surface area contributed by atoms with Crippen LogP contribution in [0.2, 0.25) is 0 Å². The normalized spacial score (nSPS) is 10.9. The van der Waals surface area contributed by atoms with Crippen LogP contribution in [-0.2, 0) is 0 Å². The molecule has 4 aromatic carbocycles. The number of hydrogen-bond donors (Lipinski definition) is 1. The molecule has 2 heterocycles. The van der Waals surface area contributed by atoms with E-state index in [1.165, 1.54) is 0 Å². The molecule has 186 valence electrons. The van der Waals surface area contributed by atoms with E-state index in [-0.39, 0.29) is 0 Å². The highest BCUT2D eigenvalue weighted by molar-refractivity contribution is 6.00. The Kier molecular flexibility index (Phi) is 6.11. The average molecular weight is 502 g/mol. The number of rotatable bonds is 7. The van der Waals surface area contributed by atoms with Crippen molar-refractivity contribution in [2.75, 3.05) is 19.5 Å². The first-order valence-corrected chi connectivity index (χ1v) is 12.0. The van der Waals surface area contributed by atoms with Crippen molar-refractivity contribution in [2.45, 2.75) is 0 Å². The highest BCUT2D eigenvalue weighted by Crippen LogP contribution is 2.37. The van der Waals surface area contributed by atoms with Crippen LogP contribution in [0.3, 0.4) is 0 Å². The molecule has 0 aliphatic heterocycles. The fourth-order valence-corrected chi connectivity index (χ4v) is 4.32. The first kappa shape index (κ1) is 23.2. The van der Waals surface area contributed by atoms with E-state index in [1.54, 1.807) is 26.5 Å². The molecular formula is C30H23N5O3. The summed E-state index contributed by atoms with van der Waals surface area (Å²) < 4.78 is 17.0. The molecule has 2 aromatic heterocycles. The summed E-state index contributed by atoms with van der Waals surface area (Å²) in [6.07, 6.45) is 1.58. The van der Waals surface area contributed by atoms with Gasteiger partial charge in [-0.05, 0) is 30.3 Å². The van der Waals surface area contributed by atoms with Crippen LogP contribution >= 0.6 is 0 Å². The molecule has 0 aliphatic rings. The summed E-state index contributed by atoms with van der Waals surface area (Å²) in [5, 5.41) is 23.5. The van der Waals surface area contributed by atoms with Gasteiger partial charge in [-0.1, -0.05) is 54.6 Å². The third kappa shape index (κ3) is 4.39. The lowest BCUT2D eigenvalue weighted by Crippen LogP contribution is -1.99. The summed E-state index contributed by atoms with van der Waals surface area (Å²) in [4.78, 5) is 0. The van der Waals surface area contributed by atoms with E-state index in [0.29, 0.717) is 34.3 Å². The zero-order valence-electron chi connectivity index (χ0n) is 20.8. The number of methoxy groups -OCH3 is 2. The maximum absolute atomic E-state index is 6.15. The molecule has 6 rings (SSSR count). The number of anilines is 2. The molecule has 0 spiro atoms. The number of benzene rings is 4. The van der Waals surface area contributed by atoms with Gasteiger partial charge in [0.2, 0.25) is 0 Å². The van der Waals surface area contributed by atoms with Crippen LogP contribution in [0.4, 0.5) is 11.5 Å². The van der Waals surface area contributed by atoms with Crippen molar-refractivity contribution in [3.8, 4) is 34.3 Å². The lowest BCUT2D eigenvalue weighted by molar-refractivity contribution is 0.355. The van der Waals surface area contributed by atoms with E-state index in [0.717, 1.165) is 33.1 Å². The lowest BCUT2D eigenvalue weighted by Gasteiger charge is -2.13. The van der Waals surface area contributed by atoms with Gasteiger partial charge in [-0.25, -0.2) is 0 Å². The highest BCUT2D eigenvalue weighted by atomic mass is 16.5. The molecule has 6 aromatic rings. The van der Waals surface area contributed by atoms with Gasteiger partial charge in [0.1, 0.15) is 17.0 Å². The summed E-state index contributed by atoms with van der Waals surface area (Å²) >= 11 is 0. The van der Waals surface area contributed by atoms with Gasteiger partial charge in [0.05, 0.1) is 25.8 Å². The minimum absolute atomic E-state index is 0.560. The molecule has 0 saturated heterocycles. The number of fused-ring (bicyclic) bond motifs is 2. The molecule has 0 saturated carbocycles. The summed E-state index contributed by atoms with van der Waals surface area (Å²) in [6.45, 7) is 0. The maximum atomic E-state index is 6.15. The molecule has 0 atom stereocenters. The highest BCUT2D eigenvalue weighted by Gasteiger charge is 2.13. The number of ether oxygens (including phenoxy) is 3. The van der Waals surface area contributed by atoms with E-state index in [1.807, 2.05) is 78.9 Å². The standard InChI is InChI=1S/C30H23N5O3/c1-36-26-16-24-25(17-27(26)37-2)33-31-18-28(24)38-21-14-12-20(13-15-21)32-30-23-11-7-6-10-22(23)29(34-35-30)19-8-4-3-5-9-19/h3-18H,1-2H3,(H,32,35). The van der Waals surface area contributed by atoms with E-state index < -0.39 is 0 Å². The SMILES string of the molecule is COc1cc2nncc(Oc3ccc(Nc4nnc(-c5ccccc5)c5ccccc45)cc3)c2cc1OC. The summed E-state index contributed by atoms with van der Waals surface area (Å²) in [5.74, 6) is 3.05. The quantitative estimate of drug-likeness (QED) is 0.256. The molecule has 0 amide bonds. The second kappa shape index (κ2) is 10.0. The Morgan fingerprint density at radius 2 is 1.34 bits per heavy atom. The summed E-state index contributed by atoms with van der Waals surface area (Å²) in [7, 11) is 3.17. The predicted molar refractivity (Wildman–Crippen MR) is 147 cm³/mol. The van der Waals surface area contributed by atoms with Gasteiger partial charge in [-0.2, -0.15) is 10.2 Å². The van der Waals surface area contributed by atoms with Crippen molar-refractivity contribution in [1.29, 1.82) is 0 Å². The van der Waals surface area contributed by atoms with Crippen molar-refractivity contribution in [2.24, 2.45) is 0 Å². The van der Waals surface area contributed by atoms with Crippen molar-refractivity contribution in [1.82, 2.24) is 20.4 Å². The van der Waals surface area contributed by atoms with Crippen LogP contribution in [0.25, 0.3) is 32.9 Å². The fourth-order valence-electron chi connectivity index (χ4n) is 4.32. The van der Waals surface area contributed by atoms with Crippen LogP contribution in [0, 0.1) is 0 Å². The second-order valence-electron chi connectivity index (χ2n) is 8.49. The number of nitrogens with one attached hydrogen (secondary N) is 1. The minimum atomic E-state index is 0.560. The van der Waals surface area contributed by atoms with Crippen molar-refractivity contribution in [3.05, 3.63) is 97.2 Å². The Bertz CT molecular complexity index is 1740. The molecule has 0 radical (unpaired) electrons. The molecule has 0 unspecified atom stereocenters. The smallest absolute Gasteiger partial charge is 0.162 e. The van der Waals surface area contributed by atoms with Gasteiger partial charge in [0.15, 0.2) is 23.1 Å². The molecule has 1 N–H and O–H groups in total. The Morgan fingerprint density at radius 1 is 0.632 bits per heavy atom. The number of nitrogens with zero attached hydrogens (tertiary/aromatic N) is 4. The Morgan fingerprint density at radius 3 is 2.11 bits per heavy atom. The topological polar surface area (TPSA) is 91.3 Å². The van der Waals surface area contributed by atoms with Gasteiger partial charge in [0.25, 0.3) is 0 Å². The van der Waals surface area contributed by atoms with Gasteiger partial charge < -0.3 is 19.5 Å². The Hall–Kier alpha value is -5.24.